The Morgan fingerprint density at radius 1 is 1.12 bits per heavy atom. The molecule has 0 bridgehead atoms. The molecule has 0 heterocycles. The Balaban J connectivity index is 4.12. The zero-order valence-electron chi connectivity index (χ0n) is 15.3. The zero-order chi connectivity index (χ0) is 18.4. The molecule has 1 amide bonds. The summed E-state index contributed by atoms with van der Waals surface area (Å²) in [6.07, 6.45) is 3.10. The highest BCUT2D eigenvalue weighted by atomic mass is 31.2. The van der Waals surface area contributed by atoms with Crippen molar-refractivity contribution >= 4 is 14.6 Å². The fourth-order valence-electron chi connectivity index (χ4n) is 2.23. The fraction of sp³-hybridized carbons (Fsp3) is 0.875. The summed E-state index contributed by atoms with van der Waals surface area (Å²) >= 11 is 0. The molecule has 0 radical (unpaired) electrons. The molecule has 0 aliphatic heterocycles. The minimum atomic E-state index is -1.16. The van der Waals surface area contributed by atoms with Crippen molar-refractivity contribution in [3.8, 4) is 6.07 Å². The van der Waals surface area contributed by atoms with Crippen molar-refractivity contribution in [1.82, 2.24) is 9.99 Å². The van der Waals surface area contributed by atoms with Crippen LogP contribution in [-0.2, 0) is 9.05 Å². The fourth-order valence-corrected chi connectivity index (χ4v) is 3.86. The van der Waals surface area contributed by atoms with Gasteiger partial charge < -0.3 is 19.5 Å². The molecule has 1 atom stereocenters. The SMILES string of the molecule is CC(C)N(C(C)C)P(OCCC#N)OCCCCCCNC(=O)O. The second-order valence-corrected chi connectivity index (χ2v) is 7.48. The highest BCUT2D eigenvalue weighted by Gasteiger charge is 2.26. The number of nitrogens with one attached hydrogen (secondary N) is 1. The van der Waals surface area contributed by atoms with E-state index in [1.807, 2.05) is 0 Å². The maximum Gasteiger partial charge on any atom is 0.404 e. The molecule has 0 fully saturated rings. The lowest BCUT2D eigenvalue weighted by Gasteiger charge is -2.35. The van der Waals surface area contributed by atoms with Crippen molar-refractivity contribution in [2.75, 3.05) is 19.8 Å². The molecular weight excluding hydrogens is 329 g/mol. The van der Waals surface area contributed by atoms with Gasteiger partial charge in [-0.05, 0) is 40.5 Å². The molecular formula is C16H32N3O4P. The Bertz CT molecular complexity index is 367. The summed E-state index contributed by atoms with van der Waals surface area (Å²) in [6.45, 7) is 9.95. The summed E-state index contributed by atoms with van der Waals surface area (Å²) in [5.41, 5.74) is 0. The van der Waals surface area contributed by atoms with E-state index in [2.05, 4.69) is 43.8 Å². The van der Waals surface area contributed by atoms with E-state index in [1.54, 1.807) is 0 Å². The van der Waals surface area contributed by atoms with Crippen LogP contribution in [0.1, 0.15) is 59.8 Å². The minimum Gasteiger partial charge on any atom is -0.465 e. The molecule has 2 N–H and O–H groups in total. The standard InChI is InChI=1S/C16H32N3O4P/c1-14(2)19(15(3)4)24(23-13-9-10-17)22-12-8-6-5-7-11-18-16(20)21/h14-15,18H,5-9,11-13H2,1-4H3,(H,20,21). The predicted molar refractivity (Wildman–Crippen MR) is 95.7 cm³/mol. The highest BCUT2D eigenvalue weighted by molar-refractivity contribution is 7.44. The number of nitrogens with zero attached hydrogens (tertiary/aromatic N) is 2. The molecule has 24 heavy (non-hydrogen) atoms. The van der Waals surface area contributed by atoms with E-state index in [1.165, 1.54) is 0 Å². The first-order chi connectivity index (χ1) is 11.4. The lowest BCUT2D eigenvalue weighted by Crippen LogP contribution is -2.33. The number of hydrogen-bond donors (Lipinski definition) is 2. The van der Waals surface area contributed by atoms with Crippen LogP contribution in [0, 0.1) is 11.3 Å². The van der Waals surface area contributed by atoms with E-state index in [0.29, 0.717) is 38.3 Å². The van der Waals surface area contributed by atoms with Gasteiger partial charge >= 0.3 is 6.09 Å². The molecule has 1 unspecified atom stereocenters. The molecule has 0 rings (SSSR count). The normalized spacial score (nSPS) is 12.6. The lowest BCUT2D eigenvalue weighted by molar-refractivity contribution is 0.174. The van der Waals surface area contributed by atoms with Crippen molar-refractivity contribution in [2.24, 2.45) is 0 Å². The zero-order valence-corrected chi connectivity index (χ0v) is 16.2. The second-order valence-electron chi connectivity index (χ2n) is 6.03. The molecule has 0 aromatic carbocycles. The van der Waals surface area contributed by atoms with Crippen LogP contribution in [0.3, 0.4) is 0 Å². The Morgan fingerprint density at radius 2 is 1.71 bits per heavy atom. The average molecular weight is 361 g/mol. The smallest absolute Gasteiger partial charge is 0.404 e. The summed E-state index contributed by atoms with van der Waals surface area (Å²) in [5.74, 6) is 0. The van der Waals surface area contributed by atoms with E-state index in [4.69, 9.17) is 19.4 Å². The number of hydrogen-bond acceptors (Lipinski definition) is 5. The largest absolute Gasteiger partial charge is 0.465 e. The van der Waals surface area contributed by atoms with Gasteiger partial charge in [0.05, 0.1) is 25.7 Å². The van der Waals surface area contributed by atoms with Gasteiger partial charge in [-0.15, -0.1) is 0 Å². The van der Waals surface area contributed by atoms with Gasteiger partial charge in [0.15, 0.2) is 0 Å². The first-order valence-electron chi connectivity index (χ1n) is 8.58. The van der Waals surface area contributed by atoms with Gasteiger partial charge in [0.2, 0.25) is 0 Å². The summed E-state index contributed by atoms with van der Waals surface area (Å²) in [5, 5.41) is 19.5. The number of amides is 1. The molecule has 0 aromatic heterocycles. The second kappa shape index (κ2) is 14.4. The summed E-state index contributed by atoms with van der Waals surface area (Å²) in [4.78, 5) is 10.3. The molecule has 140 valence electrons. The lowest BCUT2D eigenvalue weighted by atomic mass is 10.2. The van der Waals surface area contributed by atoms with Gasteiger partial charge in [-0.3, -0.25) is 0 Å². The molecule has 0 saturated carbocycles. The van der Waals surface area contributed by atoms with Crippen molar-refractivity contribution in [3.05, 3.63) is 0 Å². The molecule has 0 aliphatic carbocycles. The number of carboxylic acid groups (broad SMARTS) is 1. The van der Waals surface area contributed by atoms with Crippen molar-refractivity contribution in [2.45, 2.75) is 71.9 Å². The molecule has 0 spiro atoms. The number of carbonyl (C=O) groups is 1. The first-order valence-corrected chi connectivity index (χ1v) is 9.71. The average Bonchev–Trinajstić information content (AvgIpc) is 2.48. The predicted octanol–water partition coefficient (Wildman–Crippen LogP) is 4.11. The monoisotopic (exact) mass is 361 g/mol. The third-order valence-electron chi connectivity index (χ3n) is 3.21. The van der Waals surface area contributed by atoms with Crippen LogP contribution in [0.25, 0.3) is 0 Å². The first kappa shape index (κ1) is 23.1. The molecule has 0 aliphatic rings. The quantitative estimate of drug-likeness (QED) is 0.357. The van der Waals surface area contributed by atoms with Crippen molar-refractivity contribution < 1.29 is 18.9 Å². The maximum atomic E-state index is 10.3. The number of rotatable bonds is 14. The topological polar surface area (TPSA) is 94.8 Å². The molecule has 0 aromatic rings. The van der Waals surface area contributed by atoms with Crippen LogP contribution < -0.4 is 5.32 Å². The summed E-state index contributed by atoms with van der Waals surface area (Å²) in [7, 11) is -1.16. The molecule has 7 nitrogen and oxygen atoms in total. The van der Waals surface area contributed by atoms with E-state index < -0.39 is 14.6 Å². The van der Waals surface area contributed by atoms with Crippen molar-refractivity contribution in [3.63, 3.8) is 0 Å². The Hall–Kier alpha value is -0.930. The van der Waals surface area contributed by atoms with Crippen LogP contribution in [0.2, 0.25) is 0 Å². The highest BCUT2D eigenvalue weighted by Crippen LogP contribution is 2.46. The molecule has 0 saturated heterocycles. The Labute approximate surface area is 147 Å². The minimum absolute atomic E-state index is 0.306. The third kappa shape index (κ3) is 11.6. The van der Waals surface area contributed by atoms with Crippen LogP contribution >= 0.6 is 8.53 Å². The van der Waals surface area contributed by atoms with Gasteiger partial charge in [0.25, 0.3) is 8.53 Å². The van der Waals surface area contributed by atoms with Crippen LogP contribution in [0.5, 0.6) is 0 Å². The van der Waals surface area contributed by atoms with Crippen LogP contribution in [-0.4, -0.2) is 47.7 Å². The third-order valence-corrected chi connectivity index (χ3v) is 5.32. The van der Waals surface area contributed by atoms with E-state index in [0.717, 1.165) is 25.7 Å². The Kier molecular flexibility index (Phi) is 13.9. The van der Waals surface area contributed by atoms with Gasteiger partial charge in [0.1, 0.15) is 0 Å². The van der Waals surface area contributed by atoms with Crippen molar-refractivity contribution in [1.29, 1.82) is 5.26 Å². The van der Waals surface area contributed by atoms with Gasteiger partial charge in [-0.25, -0.2) is 9.46 Å². The van der Waals surface area contributed by atoms with Gasteiger partial charge in [0, 0.05) is 18.6 Å². The summed E-state index contributed by atoms with van der Waals surface area (Å²) in [6, 6.07) is 2.70. The summed E-state index contributed by atoms with van der Waals surface area (Å²) < 4.78 is 14.0. The van der Waals surface area contributed by atoms with E-state index in [9.17, 15) is 4.79 Å². The van der Waals surface area contributed by atoms with Gasteiger partial charge in [-0.1, -0.05) is 12.8 Å². The maximum absolute atomic E-state index is 10.3. The Morgan fingerprint density at radius 3 is 2.25 bits per heavy atom. The number of nitriles is 1. The number of unbranched alkanes of at least 4 members (excludes halogenated alkanes) is 3. The van der Waals surface area contributed by atoms with E-state index in [-0.39, 0.29) is 0 Å². The van der Waals surface area contributed by atoms with Gasteiger partial charge in [-0.2, -0.15) is 5.26 Å². The van der Waals surface area contributed by atoms with Crippen LogP contribution in [0.4, 0.5) is 4.79 Å². The molecule has 8 heteroatoms. The van der Waals surface area contributed by atoms with Crippen LogP contribution in [0.15, 0.2) is 0 Å². The van der Waals surface area contributed by atoms with E-state index >= 15 is 0 Å².